The molecule has 0 aliphatic heterocycles. The Bertz CT molecular complexity index is 587. The topological polar surface area (TPSA) is 43.7 Å². The second-order valence-corrected chi connectivity index (χ2v) is 4.96. The number of hydrogen-bond donors (Lipinski definition) is 2. The largest absolute Gasteiger partial charge is 0.488 e. The van der Waals surface area contributed by atoms with Crippen molar-refractivity contribution in [2.24, 2.45) is 0 Å². The highest BCUT2D eigenvalue weighted by Crippen LogP contribution is 2.16. The summed E-state index contributed by atoms with van der Waals surface area (Å²) in [4.78, 5) is 1.97. The molecule has 0 bridgehead atoms. The number of rotatable bonds is 4. The number of benzene rings is 2. The van der Waals surface area contributed by atoms with Gasteiger partial charge in [0.1, 0.15) is 5.82 Å². The summed E-state index contributed by atoms with van der Waals surface area (Å²) in [6.45, 7) is 2.51. The Morgan fingerprint density at radius 2 is 1.75 bits per heavy atom. The molecule has 5 heteroatoms. The van der Waals surface area contributed by atoms with Crippen molar-refractivity contribution in [3.05, 3.63) is 59.4 Å². The zero-order valence-corrected chi connectivity index (χ0v) is 11.5. The first-order chi connectivity index (χ1) is 9.45. The van der Waals surface area contributed by atoms with Crippen molar-refractivity contribution < 1.29 is 14.4 Å². The molecule has 0 spiro atoms. The molecule has 2 N–H and O–H groups in total. The number of halogens is 1. The van der Waals surface area contributed by atoms with E-state index < -0.39 is 12.9 Å². The highest BCUT2D eigenvalue weighted by Gasteiger charge is 2.14. The molecule has 0 saturated heterocycles. The highest BCUT2D eigenvalue weighted by molar-refractivity contribution is 6.58. The molecule has 0 aromatic heterocycles. The second kappa shape index (κ2) is 6.07. The highest BCUT2D eigenvalue weighted by atomic mass is 19.1. The SMILES string of the molecule is Cc1ccc(N(C)Cc2cc(F)cc(B(O)O)c2)cc1. The minimum Gasteiger partial charge on any atom is -0.423 e. The first-order valence-corrected chi connectivity index (χ1v) is 6.39. The number of aryl methyl sites for hydroxylation is 1. The summed E-state index contributed by atoms with van der Waals surface area (Å²) in [6, 6.07) is 12.1. The quantitative estimate of drug-likeness (QED) is 0.829. The molecule has 0 radical (unpaired) electrons. The third-order valence-corrected chi connectivity index (χ3v) is 3.17. The van der Waals surface area contributed by atoms with Gasteiger partial charge in [0.2, 0.25) is 0 Å². The Hall–Kier alpha value is -1.85. The summed E-state index contributed by atoms with van der Waals surface area (Å²) in [6.07, 6.45) is 0. The maximum Gasteiger partial charge on any atom is 0.488 e. The summed E-state index contributed by atoms with van der Waals surface area (Å²) in [5.74, 6) is -0.470. The Morgan fingerprint density at radius 3 is 2.35 bits per heavy atom. The first kappa shape index (κ1) is 14.6. The van der Waals surface area contributed by atoms with E-state index in [4.69, 9.17) is 10.0 Å². The molecule has 0 heterocycles. The lowest BCUT2D eigenvalue weighted by Gasteiger charge is -2.20. The average molecular weight is 273 g/mol. The van der Waals surface area contributed by atoms with Gasteiger partial charge in [-0.15, -0.1) is 0 Å². The molecule has 0 fully saturated rings. The normalized spacial score (nSPS) is 10.4. The van der Waals surface area contributed by atoms with E-state index in [2.05, 4.69) is 0 Å². The minimum absolute atomic E-state index is 0.164. The van der Waals surface area contributed by atoms with Crippen LogP contribution in [0.3, 0.4) is 0 Å². The van der Waals surface area contributed by atoms with Crippen molar-refractivity contribution in [3.63, 3.8) is 0 Å². The fourth-order valence-corrected chi connectivity index (χ4v) is 2.08. The smallest absolute Gasteiger partial charge is 0.423 e. The van der Waals surface area contributed by atoms with E-state index in [1.54, 1.807) is 6.07 Å². The van der Waals surface area contributed by atoms with Gasteiger partial charge >= 0.3 is 7.12 Å². The molecule has 2 aromatic rings. The van der Waals surface area contributed by atoms with Crippen LogP contribution in [0.2, 0.25) is 0 Å². The van der Waals surface area contributed by atoms with Gasteiger partial charge in [0.15, 0.2) is 0 Å². The van der Waals surface area contributed by atoms with Gasteiger partial charge in [-0.05, 0) is 42.2 Å². The third kappa shape index (κ3) is 3.59. The summed E-state index contributed by atoms with van der Waals surface area (Å²) in [5, 5.41) is 18.3. The van der Waals surface area contributed by atoms with E-state index in [-0.39, 0.29) is 5.46 Å². The van der Waals surface area contributed by atoms with Crippen LogP contribution in [0.5, 0.6) is 0 Å². The van der Waals surface area contributed by atoms with E-state index in [9.17, 15) is 4.39 Å². The van der Waals surface area contributed by atoms with Crippen molar-refractivity contribution in [2.45, 2.75) is 13.5 Å². The Labute approximate surface area is 118 Å². The summed E-state index contributed by atoms with van der Waals surface area (Å²) < 4.78 is 13.5. The molecule has 0 aliphatic carbocycles. The predicted molar refractivity (Wildman–Crippen MR) is 79.5 cm³/mol. The van der Waals surface area contributed by atoms with Crippen molar-refractivity contribution >= 4 is 18.3 Å². The monoisotopic (exact) mass is 273 g/mol. The van der Waals surface area contributed by atoms with Crippen LogP contribution in [0.25, 0.3) is 0 Å². The van der Waals surface area contributed by atoms with Gasteiger partial charge in [0.25, 0.3) is 0 Å². The van der Waals surface area contributed by atoms with E-state index >= 15 is 0 Å². The first-order valence-electron chi connectivity index (χ1n) is 6.39. The van der Waals surface area contributed by atoms with Crippen LogP contribution < -0.4 is 10.4 Å². The Kier molecular flexibility index (Phi) is 4.42. The summed E-state index contributed by atoms with van der Waals surface area (Å²) in [5.41, 5.74) is 3.05. The van der Waals surface area contributed by atoms with Gasteiger partial charge < -0.3 is 14.9 Å². The molecular weight excluding hydrogens is 256 g/mol. The van der Waals surface area contributed by atoms with Gasteiger partial charge in [0, 0.05) is 19.3 Å². The molecule has 0 amide bonds. The van der Waals surface area contributed by atoms with Crippen LogP contribution in [0.1, 0.15) is 11.1 Å². The lowest BCUT2D eigenvalue weighted by atomic mass is 9.79. The zero-order chi connectivity index (χ0) is 14.7. The molecular formula is C15H17BFNO2. The Morgan fingerprint density at radius 1 is 1.10 bits per heavy atom. The average Bonchev–Trinajstić information content (AvgIpc) is 2.38. The standard InChI is InChI=1S/C15H17BFNO2/c1-11-3-5-15(6-4-11)18(2)10-12-7-13(16(19)20)9-14(17)8-12/h3-9,19-20H,10H2,1-2H3. The van der Waals surface area contributed by atoms with Crippen molar-refractivity contribution in [2.75, 3.05) is 11.9 Å². The van der Waals surface area contributed by atoms with Gasteiger partial charge in [-0.2, -0.15) is 0 Å². The molecule has 20 heavy (non-hydrogen) atoms. The summed E-state index contributed by atoms with van der Waals surface area (Å²) in [7, 11) is 0.249. The molecule has 3 nitrogen and oxygen atoms in total. The summed E-state index contributed by atoms with van der Waals surface area (Å²) >= 11 is 0. The van der Waals surface area contributed by atoms with E-state index in [0.717, 1.165) is 11.8 Å². The van der Waals surface area contributed by atoms with Crippen molar-refractivity contribution in [1.82, 2.24) is 0 Å². The lowest BCUT2D eigenvalue weighted by Crippen LogP contribution is -2.31. The molecule has 0 unspecified atom stereocenters. The molecule has 2 aromatic carbocycles. The van der Waals surface area contributed by atoms with Crippen LogP contribution in [0.15, 0.2) is 42.5 Å². The van der Waals surface area contributed by atoms with Crippen LogP contribution in [0, 0.1) is 12.7 Å². The molecule has 104 valence electrons. The van der Waals surface area contributed by atoms with Crippen molar-refractivity contribution in [3.8, 4) is 0 Å². The van der Waals surface area contributed by atoms with Gasteiger partial charge in [-0.25, -0.2) is 4.39 Å². The third-order valence-electron chi connectivity index (χ3n) is 3.17. The fraction of sp³-hybridized carbons (Fsp3) is 0.200. The fourth-order valence-electron chi connectivity index (χ4n) is 2.08. The maximum absolute atomic E-state index is 13.5. The molecule has 0 atom stereocenters. The van der Waals surface area contributed by atoms with E-state index in [1.165, 1.54) is 11.6 Å². The lowest BCUT2D eigenvalue weighted by molar-refractivity contribution is 0.425. The number of hydrogen-bond acceptors (Lipinski definition) is 3. The number of nitrogens with zero attached hydrogens (tertiary/aromatic N) is 1. The van der Waals surface area contributed by atoms with Gasteiger partial charge in [-0.1, -0.05) is 23.8 Å². The maximum atomic E-state index is 13.5. The van der Waals surface area contributed by atoms with Gasteiger partial charge in [-0.3, -0.25) is 0 Å². The minimum atomic E-state index is -1.66. The van der Waals surface area contributed by atoms with Gasteiger partial charge in [0.05, 0.1) is 0 Å². The van der Waals surface area contributed by atoms with Crippen LogP contribution in [-0.4, -0.2) is 24.2 Å². The van der Waals surface area contributed by atoms with Crippen LogP contribution in [0.4, 0.5) is 10.1 Å². The molecule has 0 saturated carbocycles. The van der Waals surface area contributed by atoms with Crippen LogP contribution >= 0.6 is 0 Å². The van der Waals surface area contributed by atoms with E-state index in [1.807, 2.05) is 43.1 Å². The molecule has 2 rings (SSSR count). The zero-order valence-electron chi connectivity index (χ0n) is 11.5. The Balaban J connectivity index is 2.18. The second-order valence-electron chi connectivity index (χ2n) is 4.96. The van der Waals surface area contributed by atoms with E-state index in [0.29, 0.717) is 12.1 Å². The number of anilines is 1. The predicted octanol–water partition coefficient (Wildman–Crippen LogP) is 1.45. The van der Waals surface area contributed by atoms with Crippen molar-refractivity contribution in [1.29, 1.82) is 0 Å². The van der Waals surface area contributed by atoms with Crippen LogP contribution in [-0.2, 0) is 6.54 Å². The molecule has 0 aliphatic rings.